The Morgan fingerprint density at radius 2 is 2.04 bits per heavy atom. The molecule has 2 aromatic heterocycles. The van der Waals surface area contributed by atoms with E-state index < -0.39 is 6.16 Å². The molecule has 2 N–H and O–H groups in total. The molecule has 7 nitrogen and oxygen atoms in total. The molecule has 0 aliphatic carbocycles. The van der Waals surface area contributed by atoms with E-state index in [-0.39, 0.29) is 6.10 Å². The second-order valence-electron chi connectivity index (χ2n) is 6.88. The highest BCUT2D eigenvalue weighted by Crippen LogP contribution is 2.32. The summed E-state index contributed by atoms with van der Waals surface area (Å²) in [5.74, 6) is 1.52. The maximum atomic E-state index is 10.7. The van der Waals surface area contributed by atoms with Crippen LogP contribution in [0, 0.1) is 6.92 Å². The number of fused-ring (bicyclic) bond motifs is 1. The molecule has 0 radical (unpaired) electrons. The quantitative estimate of drug-likeness (QED) is 0.620. The van der Waals surface area contributed by atoms with Gasteiger partial charge in [0, 0.05) is 32.5 Å². The Morgan fingerprint density at radius 1 is 1.29 bits per heavy atom. The molecule has 28 heavy (non-hydrogen) atoms. The largest absolute Gasteiger partial charge is 0.506 e. The maximum absolute atomic E-state index is 10.7. The van der Waals surface area contributed by atoms with Crippen LogP contribution in [0.15, 0.2) is 35.7 Å². The van der Waals surface area contributed by atoms with Gasteiger partial charge in [-0.1, -0.05) is 30.3 Å². The fraction of sp³-hybridized carbons (Fsp3) is 0.350. The number of ether oxygens (including phenoxy) is 1. The minimum absolute atomic E-state index is 0.253. The first-order valence-corrected chi connectivity index (χ1v) is 10.2. The average Bonchev–Trinajstić information content (AvgIpc) is 3.08. The van der Waals surface area contributed by atoms with Crippen molar-refractivity contribution in [3.8, 4) is 0 Å². The average molecular weight is 398 g/mol. The van der Waals surface area contributed by atoms with Crippen molar-refractivity contribution in [1.29, 1.82) is 0 Å². The lowest BCUT2D eigenvalue weighted by molar-refractivity contribution is 0.0415. The fourth-order valence-electron chi connectivity index (χ4n) is 3.44. The molecule has 1 aliphatic rings. The Morgan fingerprint density at radius 3 is 2.75 bits per heavy atom. The molecule has 146 valence electrons. The molecule has 0 saturated carbocycles. The van der Waals surface area contributed by atoms with Crippen molar-refractivity contribution in [3.63, 3.8) is 0 Å². The van der Waals surface area contributed by atoms with Gasteiger partial charge in [-0.2, -0.15) is 4.98 Å². The number of benzene rings is 1. The molecule has 1 saturated heterocycles. The van der Waals surface area contributed by atoms with E-state index >= 15 is 0 Å². The number of carboxylic acid groups (broad SMARTS) is 1. The van der Waals surface area contributed by atoms with Gasteiger partial charge in [0.05, 0.1) is 5.39 Å². The lowest BCUT2D eigenvalue weighted by Gasteiger charge is -2.31. The standard InChI is InChI=1S/C20H22N4O3S/c1-13-12-28-18-16(13)17(21-11-14-5-3-2-4-6-14)22-19(23-18)24-9-7-15(8-10-24)27-20(25)26/h2-6,12,15H,7-11H2,1H3,(H,25,26)(H,21,22,23). The van der Waals surface area contributed by atoms with E-state index in [4.69, 9.17) is 19.8 Å². The second kappa shape index (κ2) is 8.02. The lowest BCUT2D eigenvalue weighted by atomic mass is 10.1. The highest BCUT2D eigenvalue weighted by atomic mass is 32.1. The van der Waals surface area contributed by atoms with Gasteiger partial charge in [0.25, 0.3) is 0 Å². The second-order valence-corrected chi connectivity index (χ2v) is 7.74. The highest BCUT2D eigenvalue weighted by molar-refractivity contribution is 7.17. The summed E-state index contributed by atoms with van der Waals surface area (Å²) in [4.78, 5) is 23.4. The van der Waals surface area contributed by atoms with Gasteiger partial charge in [0.15, 0.2) is 0 Å². The van der Waals surface area contributed by atoms with Crippen LogP contribution in [0.5, 0.6) is 0 Å². The van der Waals surface area contributed by atoms with Crippen LogP contribution in [-0.2, 0) is 11.3 Å². The third-order valence-electron chi connectivity index (χ3n) is 4.90. The van der Waals surface area contributed by atoms with Crippen LogP contribution in [0.1, 0.15) is 24.0 Å². The first-order valence-electron chi connectivity index (χ1n) is 9.28. The van der Waals surface area contributed by atoms with E-state index in [9.17, 15) is 4.79 Å². The number of hydrogen-bond acceptors (Lipinski definition) is 7. The van der Waals surface area contributed by atoms with Gasteiger partial charge in [-0.25, -0.2) is 9.78 Å². The van der Waals surface area contributed by atoms with Crippen molar-refractivity contribution >= 4 is 39.5 Å². The number of carbonyl (C=O) groups is 1. The molecule has 0 unspecified atom stereocenters. The minimum Gasteiger partial charge on any atom is -0.450 e. The molecule has 0 bridgehead atoms. The van der Waals surface area contributed by atoms with Crippen molar-refractivity contribution in [2.75, 3.05) is 23.3 Å². The number of nitrogens with one attached hydrogen (secondary N) is 1. The van der Waals surface area contributed by atoms with Gasteiger partial charge in [0.2, 0.25) is 5.95 Å². The van der Waals surface area contributed by atoms with Crippen molar-refractivity contribution in [2.24, 2.45) is 0 Å². The predicted octanol–water partition coefficient (Wildman–Crippen LogP) is 4.28. The number of piperidine rings is 1. The number of thiophene rings is 1. The molecular weight excluding hydrogens is 376 g/mol. The van der Waals surface area contributed by atoms with E-state index in [2.05, 4.69) is 34.7 Å². The Kier molecular flexibility index (Phi) is 5.29. The Labute approximate surface area is 167 Å². The number of anilines is 2. The summed E-state index contributed by atoms with van der Waals surface area (Å²) in [5.41, 5.74) is 2.35. The molecule has 3 aromatic rings. The topological polar surface area (TPSA) is 87.6 Å². The minimum atomic E-state index is -1.21. The zero-order valence-corrected chi connectivity index (χ0v) is 16.4. The van der Waals surface area contributed by atoms with E-state index in [0.717, 1.165) is 21.6 Å². The molecule has 1 fully saturated rings. The first-order chi connectivity index (χ1) is 13.6. The predicted molar refractivity (Wildman–Crippen MR) is 110 cm³/mol. The van der Waals surface area contributed by atoms with Crippen molar-refractivity contribution in [1.82, 2.24) is 9.97 Å². The number of rotatable bonds is 5. The van der Waals surface area contributed by atoms with Crippen LogP contribution >= 0.6 is 11.3 Å². The Hall–Kier alpha value is -2.87. The van der Waals surface area contributed by atoms with Gasteiger partial charge < -0.3 is 20.1 Å². The van der Waals surface area contributed by atoms with Crippen molar-refractivity contribution < 1.29 is 14.6 Å². The number of hydrogen-bond donors (Lipinski definition) is 2. The summed E-state index contributed by atoms with van der Waals surface area (Å²) < 4.78 is 4.90. The van der Waals surface area contributed by atoms with Crippen molar-refractivity contribution in [2.45, 2.75) is 32.4 Å². The Balaban J connectivity index is 1.55. The van der Waals surface area contributed by atoms with E-state index in [1.807, 2.05) is 18.2 Å². The summed E-state index contributed by atoms with van der Waals surface area (Å²) in [5, 5.41) is 15.4. The highest BCUT2D eigenvalue weighted by Gasteiger charge is 2.25. The molecule has 8 heteroatoms. The summed E-state index contributed by atoms with van der Waals surface area (Å²) in [6.45, 7) is 4.11. The lowest BCUT2D eigenvalue weighted by Crippen LogP contribution is -2.38. The van der Waals surface area contributed by atoms with E-state index in [1.165, 1.54) is 5.56 Å². The molecule has 3 heterocycles. The monoisotopic (exact) mass is 398 g/mol. The maximum Gasteiger partial charge on any atom is 0.506 e. The third-order valence-corrected chi connectivity index (χ3v) is 5.89. The van der Waals surface area contributed by atoms with Gasteiger partial charge in [-0.3, -0.25) is 0 Å². The zero-order chi connectivity index (χ0) is 19.5. The molecular formula is C20H22N4O3S. The molecule has 1 aromatic carbocycles. The van der Waals surface area contributed by atoms with Gasteiger partial charge in [-0.05, 0) is 23.4 Å². The summed E-state index contributed by atoms with van der Waals surface area (Å²) in [7, 11) is 0. The van der Waals surface area contributed by atoms with Gasteiger partial charge in [-0.15, -0.1) is 11.3 Å². The molecule has 0 spiro atoms. The number of nitrogens with zero attached hydrogens (tertiary/aromatic N) is 3. The van der Waals surface area contributed by atoms with Crippen LogP contribution in [0.4, 0.5) is 16.6 Å². The third kappa shape index (κ3) is 4.01. The Bertz CT molecular complexity index is 968. The summed E-state index contributed by atoms with van der Waals surface area (Å²) >= 11 is 1.62. The molecule has 0 amide bonds. The number of aromatic nitrogens is 2. The van der Waals surface area contributed by atoms with Crippen LogP contribution in [-0.4, -0.2) is 40.4 Å². The molecule has 0 atom stereocenters. The summed E-state index contributed by atoms with van der Waals surface area (Å²) in [6.07, 6.45) is -0.178. The fourth-order valence-corrected chi connectivity index (χ4v) is 4.36. The van der Waals surface area contributed by atoms with Crippen molar-refractivity contribution in [3.05, 3.63) is 46.8 Å². The van der Waals surface area contributed by atoms with Gasteiger partial charge in [0.1, 0.15) is 16.8 Å². The van der Waals surface area contributed by atoms with Crippen LogP contribution < -0.4 is 10.2 Å². The molecule has 1 aliphatic heterocycles. The summed E-state index contributed by atoms with van der Waals surface area (Å²) in [6, 6.07) is 10.2. The van der Waals surface area contributed by atoms with Crippen LogP contribution in [0.3, 0.4) is 0 Å². The first kappa shape index (κ1) is 18.5. The molecule has 4 rings (SSSR count). The zero-order valence-electron chi connectivity index (χ0n) is 15.6. The normalized spacial score (nSPS) is 15.0. The smallest absolute Gasteiger partial charge is 0.450 e. The number of aryl methyl sites for hydroxylation is 1. The van der Waals surface area contributed by atoms with Gasteiger partial charge >= 0.3 is 6.16 Å². The van der Waals surface area contributed by atoms with E-state index in [1.54, 1.807) is 11.3 Å². The SMILES string of the molecule is Cc1csc2nc(N3CCC(OC(=O)O)CC3)nc(NCc3ccccc3)c12. The van der Waals surface area contributed by atoms with E-state index in [0.29, 0.717) is 38.4 Å². The van der Waals surface area contributed by atoms with Crippen LogP contribution in [0.25, 0.3) is 10.2 Å². The van der Waals surface area contributed by atoms with Crippen LogP contribution in [0.2, 0.25) is 0 Å².